The summed E-state index contributed by atoms with van der Waals surface area (Å²) < 4.78 is 0. The molecule has 1 unspecified atom stereocenters. The number of hydrogen-bond acceptors (Lipinski definition) is 2. The van der Waals surface area contributed by atoms with E-state index >= 15 is 0 Å². The number of ketones is 1. The SMILES string of the molecule is CCCCN(C1CC1)C1CCCCCC1=O. The van der Waals surface area contributed by atoms with Crippen molar-refractivity contribution in [2.75, 3.05) is 6.54 Å². The Hall–Kier alpha value is -0.370. The topological polar surface area (TPSA) is 20.3 Å². The van der Waals surface area contributed by atoms with Gasteiger partial charge in [-0.25, -0.2) is 0 Å². The zero-order chi connectivity index (χ0) is 11.4. The molecule has 2 aliphatic carbocycles. The van der Waals surface area contributed by atoms with Gasteiger partial charge in [-0.1, -0.05) is 26.2 Å². The molecule has 0 aromatic heterocycles. The highest BCUT2D eigenvalue weighted by molar-refractivity contribution is 5.84. The maximum atomic E-state index is 12.1. The number of carbonyl (C=O) groups excluding carboxylic acids is 1. The number of carbonyl (C=O) groups is 1. The third kappa shape index (κ3) is 3.07. The van der Waals surface area contributed by atoms with Crippen molar-refractivity contribution in [2.45, 2.75) is 76.8 Å². The van der Waals surface area contributed by atoms with Crippen LogP contribution in [0.25, 0.3) is 0 Å². The van der Waals surface area contributed by atoms with Gasteiger partial charge in [0.2, 0.25) is 0 Å². The van der Waals surface area contributed by atoms with Crippen LogP contribution in [0.2, 0.25) is 0 Å². The minimum absolute atomic E-state index is 0.279. The van der Waals surface area contributed by atoms with Crippen LogP contribution in [0, 0.1) is 0 Å². The zero-order valence-electron chi connectivity index (χ0n) is 10.6. The Morgan fingerprint density at radius 3 is 2.69 bits per heavy atom. The minimum Gasteiger partial charge on any atom is -0.298 e. The number of Topliss-reactive ketones (excluding diaryl/α,β-unsaturated/α-hetero) is 1. The van der Waals surface area contributed by atoms with E-state index in [0.717, 1.165) is 31.8 Å². The molecule has 0 radical (unpaired) electrons. The molecule has 2 rings (SSSR count). The highest BCUT2D eigenvalue weighted by Crippen LogP contribution is 2.32. The van der Waals surface area contributed by atoms with Gasteiger partial charge in [-0.05, 0) is 38.6 Å². The highest BCUT2D eigenvalue weighted by atomic mass is 16.1. The van der Waals surface area contributed by atoms with Crippen molar-refractivity contribution in [3.63, 3.8) is 0 Å². The maximum absolute atomic E-state index is 12.1. The molecule has 1 atom stereocenters. The summed E-state index contributed by atoms with van der Waals surface area (Å²) in [7, 11) is 0. The molecule has 0 aromatic rings. The Morgan fingerprint density at radius 1 is 1.19 bits per heavy atom. The Bertz CT molecular complexity index is 235. The van der Waals surface area contributed by atoms with Gasteiger partial charge in [-0.2, -0.15) is 0 Å². The molecule has 0 heterocycles. The van der Waals surface area contributed by atoms with Crippen molar-refractivity contribution in [3.05, 3.63) is 0 Å². The van der Waals surface area contributed by atoms with E-state index < -0.39 is 0 Å². The number of rotatable bonds is 5. The van der Waals surface area contributed by atoms with Gasteiger partial charge in [0.05, 0.1) is 6.04 Å². The molecule has 0 amide bonds. The van der Waals surface area contributed by atoms with Gasteiger partial charge in [-0.15, -0.1) is 0 Å². The molecule has 2 fully saturated rings. The lowest BCUT2D eigenvalue weighted by Crippen LogP contribution is -2.42. The smallest absolute Gasteiger partial charge is 0.149 e. The van der Waals surface area contributed by atoms with Crippen LogP contribution in [-0.2, 0) is 4.79 Å². The molecular formula is C14H25NO. The van der Waals surface area contributed by atoms with Crippen LogP contribution in [-0.4, -0.2) is 29.3 Å². The first-order chi connectivity index (χ1) is 7.83. The van der Waals surface area contributed by atoms with E-state index in [0.29, 0.717) is 5.78 Å². The fourth-order valence-corrected chi connectivity index (χ4v) is 2.83. The molecule has 2 heteroatoms. The van der Waals surface area contributed by atoms with Crippen molar-refractivity contribution in [1.29, 1.82) is 0 Å². The van der Waals surface area contributed by atoms with E-state index in [-0.39, 0.29) is 6.04 Å². The van der Waals surface area contributed by atoms with Crippen LogP contribution in [0.1, 0.15) is 64.7 Å². The number of nitrogens with zero attached hydrogens (tertiary/aromatic N) is 1. The normalized spacial score (nSPS) is 27.1. The largest absolute Gasteiger partial charge is 0.298 e. The molecule has 2 aliphatic rings. The Kier molecular flexibility index (Phi) is 4.39. The first kappa shape index (κ1) is 12.1. The Labute approximate surface area is 99.4 Å². The summed E-state index contributed by atoms with van der Waals surface area (Å²) in [6.07, 6.45) is 10.7. The predicted molar refractivity (Wildman–Crippen MR) is 66.5 cm³/mol. The molecule has 16 heavy (non-hydrogen) atoms. The van der Waals surface area contributed by atoms with Gasteiger partial charge in [0.1, 0.15) is 5.78 Å². The first-order valence-electron chi connectivity index (χ1n) is 7.11. The van der Waals surface area contributed by atoms with Crippen molar-refractivity contribution in [3.8, 4) is 0 Å². The van der Waals surface area contributed by atoms with E-state index in [2.05, 4.69) is 11.8 Å². The van der Waals surface area contributed by atoms with E-state index in [1.165, 1.54) is 38.5 Å². The van der Waals surface area contributed by atoms with E-state index in [4.69, 9.17) is 0 Å². The van der Waals surface area contributed by atoms with Crippen LogP contribution >= 0.6 is 0 Å². The summed E-state index contributed by atoms with van der Waals surface area (Å²) in [5, 5.41) is 0. The van der Waals surface area contributed by atoms with Crippen LogP contribution in [0.15, 0.2) is 0 Å². The third-order valence-corrected chi connectivity index (χ3v) is 3.96. The predicted octanol–water partition coefficient (Wildman–Crippen LogP) is 3.15. The summed E-state index contributed by atoms with van der Waals surface area (Å²) in [6.45, 7) is 3.39. The molecule has 0 N–H and O–H groups in total. The second kappa shape index (κ2) is 5.81. The van der Waals surface area contributed by atoms with Gasteiger partial charge in [-0.3, -0.25) is 9.69 Å². The second-order valence-corrected chi connectivity index (χ2v) is 5.40. The molecule has 0 aliphatic heterocycles. The monoisotopic (exact) mass is 223 g/mol. The van der Waals surface area contributed by atoms with Crippen LogP contribution in [0.5, 0.6) is 0 Å². The molecule has 92 valence electrons. The average molecular weight is 223 g/mol. The maximum Gasteiger partial charge on any atom is 0.149 e. The molecule has 0 aromatic carbocycles. The average Bonchev–Trinajstić information content (AvgIpc) is 3.09. The van der Waals surface area contributed by atoms with Gasteiger partial charge in [0.25, 0.3) is 0 Å². The Balaban J connectivity index is 1.95. The van der Waals surface area contributed by atoms with Gasteiger partial charge >= 0.3 is 0 Å². The van der Waals surface area contributed by atoms with Crippen molar-refractivity contribution in [2.24, 2.45) is 0 Å². The van der Waals surface area contributed by atoms with E-state index in [1.807, 2.05) is 0 Å². The van der Waals surface area contributed by atoms with Crippen molar-refractivity contribution < 1.29 is 4.79 Å². The van der Waals surface area contributed by atoms with Crippen LogP contribution < -0.4 is 0 Å². The third-order valence-electron chi connectivity index (χ3n) is 3.96. The van der Waals surface area contributed by atoms with Crippen molar-refractivity contribution >= 4 is 5.78 Å². The summed E-state index contributed by atoms with van der Waals surface area (Å²) in [6, 6.07) is 1.03. The molecule has 2 nitrogen and oxygen atoms in total. The van der Waals surface area contributed by atoms with E-state index in [1.54, 1.807) is 0 Å². The first-order valence-corrected chi connectivity index (χ1v) is 7.11. The number of hydrogen-bond donors (Lipinski definition) is 0. The van der Waals surface area contributed by atoms with Gasteiger partial charge in [0, 0.05) is 12.5 Å². The summed E-state index contributed by atoms with van der Waals surface area (Å²) in [5.41, 5.74) is 0. The standard InChI is InChI=1S/C14H25NO/c1-2-3-11-15(12-9-10-12)13-7-5-4-6-8-14(13)16/h12-13H,2-11H2,1H3. The van der Waals surface area contributed by atoms with Crippen LogP contribution in [0.4, 0.5) is 0 Å². The molecule has 0 saturated heterocycles. The molecule has 2 saturated carbocycles. The molecule has 0 bridgehead atoms. The number of unbranched alkanes of at least 4 members (excludes halogenated alkanes) is 1. The lowest BCUT2D eigenvalue weighted by Gasteiger charge is -2.30. The summed E-state index contributed by atoms with van der Waals surface area (Å²) in [5.74, 6) is 0.528. The quantitative estimate of drug-likeness (QED) is 0.667. The fourth-order valence-electron chi connectivity index (χ4n) is 2.83. The van der Waals surface area contributed by atoms with E-state index in [9.17, 15) is 4.79 Å². The highest BCUT2D eigenvalue weighted by Gasteiger charge is 2.36. The Morgan fingerprint density at radius 2 is 2.00 bits per heavy atom. The molecular weight excluding hydrogens is 198 g/mol. The fraction of sp³-hybridized carbons (Fsp3) is 0.929. The second-order valence-electron chi connectivity index (χ2n) is 5.40. The lowest BCUT2D eigenvalue weighted by molar-refractivity contribution is -0.124. The van der Waals surface area contributed by atoms with Gasteiger partial charge < -0.3 is 0 Å². The molecule has 0 spiro atoms. The zero-order valence-corrected chi connectivity index (χ0v) is 10.6. The summed E-state index contributed by atoms with van der Waals surface area (Å²) in [4.78, 5) is 14.6. The van der Waals surface area contributed by atoms with Gasteiger partial charge in [0.15, 0.2) is 0 Å². The van der Waals surface area contributed by atoms with Crippen LogP contribution in [0.3, 0.4) is 0 Å². The minimum atomic E-state index is 0.279. The van der Waals surface area contributed by atoms with Crippen molar-refractivity contribution in [1.82, 2.24) is 4.90 Å². The lowest BCUT2D eigenvalue weighted by atomic mass is 10.0. The summed E-state index contributed by atoms with van der Waals surface area (Å²) >= 11 is 0.